The van der Waals surface area contributed by atoms with Crippen LogP contribution >= 0.6 is 0 Å². The van der Waals surface area contributed by atoms with Gasteiger partial charge in [-0.25, -0.2) is 9.78 Å². The summed E-state index contributed by atoms with van der Waals surface area (Å²) in [6, 6.07) is 6.23. The normalized spacial score (nSPS) is 16.5. The van der Waals surface area contributed by atoms with Gasteiger partial charge in [0.25, 0.3) is 0 Å². The van der Waals surface area contributed by atoms with Crippen molar-refractivity contribution in [1.29, 1.82) is 0 Å². The summed E-state index contributed by atoms with van der Waals surface area (Å²) in [7, 11) is 0. The number of carbonyl (C=O) groups is 1. The molecule has 3 rings (SSSR count). The van der Waals surface area contributed by atoms with Crippen LogP contribution < -0.4 is 10.6 Å². The molecule has 0 bridgehead atoms. The van der Waals surface area contributed by atoms with Crippen LogP contribution in [-0.4, -0.2) is 21.7 Å². The summed E-state index contributed by atoms with van der Waals surface area (Å²) in [5, 5.41) is 6.30. The molecule has 1 amide bonds. The zero-order valence-electron chi connectivity index (χ0n) is 15.8. The van der Waals surface area contributed by atoms with Crippen LogP contribution in [0, 0.1) is 6.92 Å². The van der Waals surface area contributed by atoms with Crippen molar-refractivity contribution in [2.75, 3.05) is 10.6 Å². The van der Waals surface area contributed by atoms with Crippen LogP contribution in [0.25, 0.3) is 0 Å². The first-order valence-electron chi connectivity index (χ1n) is 8.98. The minimum absolute atomic E-state index is 0.199. The smallest absolute Gasteiger partial charge is 0.412 e. The van der Waals surface area contributed by atoms with Gasteiger partial charge in [0.2, 0.25) is 0 Å². The van der Waals surface area contributed by atoms with Crippen molar-refractivity contribution < 1.29 is 9.53 Å². The number of amides is 1. The first-order valence-corrected chi connectivity index (χ1v) is 8.98. The predicted octanol–water partition coefficient (Wildman–Crippen LogP) is 4.62. The molecule has 1 aliphatic rings. The second kappa shape index (κ2) is 7.32. The number of rotatable bonds is 3. The summed E-state index contributed by atoms with van der Waals surface area (Å²) < 4.78 is 5.32. The first kappa shape index (κ1) is 18.2. The lowest BCUT2D eigenvalue weighted by molar-refractivity contribution is 0.0636. The van der Waals surface area contributed by atoms with Crippen molar-refractivity contribution in [2.24, 2.45) is 0 Å². The third-order valence-corrected chi connectivity index (χ3v) is 4.18. The summed E-state index contributed by atoms with van der Waals surface area (Å²) in [5.74, 6) is 0.791. The summed E-state index contributed by atoms with van der Waals surface area (Å²) >= 11 is 0. The molecule has 0 spiro atoms. The minimum Gasteiger partial charge on any atom is -0.444 e. The summed E-state index contributed by atoms with van der Waals surface area (Å²) in [6.45, 7) is 7.49. The highest BCUT2D eigenvalue weighted by atomic mass is 16.6. The molecule has 0 saturated carbocycles. The third kappa shape index (κ3) is 4.71. The monoisotopic (exact) mass is 354 g/mol. The molecule has 0 aliphatic heterocycles. The Balaban J connectivity index is 1.73. The number of nitrogens with one attached hydrogen (secondary N) is 2. The largest absolute Gasteiger partial charge is 0.444 e. The number of carbonyl (C=O) groups excluding carboxylic acids is 1. The molecular weight excluding hydrogens is 328 g/mol. The second-order valence-electron chi connectivity index (χ2n) is 7.68. The highest BCUT2D eigenvalue weighted by molar-refractivity contribution is 5.85. The van der Waals surface area contributed by atoms with Gasteiger partial charge in [-0.3, -0.25) is 10.3 Å². The number of nitrogens with zero attached hydrogens (tertiary/aromatic N) is 2. The van der Waals surface area contributed by atoms with Gasteiger partial charge >= 0.3 is 6.09 Å². The Bertz CT molecular complexity index is 799. The molecule has 2 N–H and O–H groups in total. The van der Waals surface area contributed by atoms with E-state index in [1.807, 2.05) is 39.8 Å². The number of ether oxygens (including phenoxy) is 1. The third-order valence-electron chi connectivity index (χ3n) is 4.18. The molecule has 1 aromatic heterocycles. The number of benzene rings is 1. The molecule has 2 aromatic rings. The van der Waals surface area contributed by atoms with Crippen LogP contribution in [0.5, 0.6) is 0 Å². The lowest BCUT2D eigenvalue weighted by Gasteiger charge is -2.27. The minimum atomic E-state index is -0.512. The Morgan fingerprint density at radius 3 is 2.81 bits per heavy atom. The maximum absolute atomic E-state index is 12.0. The average Bonchev–Trinajstić information content (AvgIpc) is 2.53. The van der Waals surface area contributed by atoms with Crippen LogP contribution in [0.15, 0.2) is 30.6 Å². The fraction of sp³-hybridized carbons (Fsp3) is 0.450. The van der Waals surface area contributed by atoms with Gasteiger partial charge in [-0.05, 0) is 70.2 Å². The van der Waals surface area contributed by atoms with E-state index < -0.39 is 11.7 Å². The van der Waals surface area contributed by atoms with Gasteiger partial charge in [0, 0.05) is 11.9 Å². The van der Waals surface area contributed by atoms with E-state index in [9.17, 15) is 4.79 Å². The van der Waals surface area contributed by atoms with Crippen molar-refractivity contribution in [3.05, 3.63) is 47.4 Å². The van der Waals surface area contributed by atoms with E-state index in [0.717, 1.165) is 36.5 Å². The number of fused-ring (bicyclic) bond motifs is 1. The number of aryl methyl sites for hydroxylation is 2. The van der Waals surface area contributed by atoms with Gasteiger partial charge < -0.3 is 10.1 Å². The molecule has 6 heteroatoms. The summed E-state index contributed by atoms with van der Waals surface area (Å²) in [5.41, 5.74) is 3.62. The van der Waals surface area contributed by atoms with Crippen LogP contribution in [0.3, 0.4) is 0 Å². The standard InChI is InChI=1S/C20H26N4O2/c1-13-11-21-12-18(22-13)24-17-7-5-6-14-10-15(8-9-16(14)17)23-19(25)26-20(2,3)4/h8-12,17H,5-7H2,1-4H3,(H,22,24)(H,23,25). The van der Waals surface area contributed by atoms with Crippen LogP contribution in [0.1, 0.15) is 56.5 Å². The van der Waals surface area contributed by atoms with Gasteiger partial charge in [-0.2, -0.15) is 0 Å². The van der Waals surface area contributed by atoms with Gasteiger partial charge in [-0.1, -0.05) is 6.07 Å². The van der Waals surface area contributed by atoms with Gasteiger partial charge in [0.15, 0.2) is 0 Å². The van der Waals surface area contributed by atoms with E-state index in [1.54, 1.807) is 12.4 Å². The molecule has 6 nitrogen and oxygen atoms in total. The number of hydrogen-bond acceptors (Lipinski definition) is 5. The van der Waals surface area contributed by atoms with E-state index in [4.69, 9.17) is 4.74 Å². The predicted molar refractivity (Wildman–Crippen MR) is 102 cm³/mol. The molecule has 1 aromatic carbocycles. The summed E-state index contributed by atoms with van der Waals surface area (Å²) in [4.78, 5) is 20.7. The molecule has 0 radical (unpaired) electrons. The SMILES string of the molecule is Cc1cncc(NC2CCCc3cc(NC(=O)OC(C)(C)C)ccc32)n1. The molecule has 138 valence electrons. The van der Waals surface area contributed by atoms with E-state index >= 15 is 0 Å². The average molecular weight is 354 g/mol. The van der Waals surface area contributed by atoms with Crippen molar-refractivity contribution in [3.63, 3.8) is 0 Å². The molecule has 26 heavy (non-hydrogen) atoms. The number of anilines is 2. The van der Waals surface area contributed by atoms with Gasteiger partial charge in [0.05, 0.1) is 17.9 Å². The van der Waals surface area contributed by atoms with Crippen molar-refractivity contribution >= 4 is 17.6 Å². The summed E-state index contributed by atoms with van der Waals surface area (Å²) in [6.07, 6.45) is 6.19. The maximum atomic E-state index is 12.0. The molecular formula is C20H26N4O2. The molecule has 1 unspecified atom stereocenters. The van der Waals surface area contributed by atoms with Gasteiger partial charge in [-0.15, -0.1) is 0 Å². The quantitative estimate of drug-likeness (QED) is 0.841. The topological polar surface area (TPSA) is 76.1 Å². The van der Waals surface area contributed by atoms with Crippen LogP contribution in [0.4, 0.5) is 16.3 Å². The Morgan fingerprint density at radius 1 is 1.27 bits per heavy atom. The Labute approximate surface area is 154 Å². The fourth-order valence-electron chi connectivity index (χ4n) is 3.17. The highest BCUT2D eigenvalue weighted by Gasteiger charge is 2.22. The van der Waals surface area contributed by atoms with Crippen molar-refractivity contribution in [1.82, 2.24) is 9.97 Å². The fourth-order valence-corrected chi connectivity index (χ4v) is 3.17. The highest BCUT2D eigenvalue weighted by Crippen LogP contribution is 2.33. The molecule has 1 aliphatic carbocycles. The zero-order chi connectivity index (χ0) is 18.7. The lowest BCUT2D eigenvalue weighted by Crippen LogP contribution is -2.27. The van der Waals surface area contributed by atoms with Crippen molar-refractivity contribution in [2.45, 2.75) is 58.6 Å². The van der Waals surface area contributed by atoms with Crippen LogP contribution in [-0.2, 0) is 11.2 Å². The molecule has 1 atom stereocenters. The van der Waals surface area contributed by atoms with E-state index in [2.05, 4.69) is 26.7 Å². The molecule has 1 heterocycles. The Morgan fingerprint density at radius 2 is 2.08 bits per heavy atom. The van der Waals surface area contributed by atoms with Crippen LogP contribution in [0.2, 0.25) is 0 Å². The van der Waals surface area contributed by atoms with E-state index in [1.165, 1.54) is 11.1 Å². The van der Waals surface area contributed by atoms with Crippen molar-refractivity contribution in [3.8, 4) is 0 Å². The number of hydrogen-bond donors (Lipinski definition) is 2. The van der Waals surface area contributed by atoms with E-state index in [0.29, 0.717) is 0 Å². The van der Waals surface area contributed by atoms with Gasteiger partial charge in [0.1, 0.15) is 11.4 Å². The molecule has 0 fully saturated rings. The Kier molecular flexibility index (Phi) is 5.11. The molecule has 0 saturated heterocycles. The Hall–Kier alpha value is -2.63. The number of aromatic nitrogens is 2. The zero-order valence-corrected chi connectivity index (χ0v) is 15.8. The van der Waals surface area contributed by atoms with E-state index in [-0.39, 0.29) is 6.04 Å². The lowest BCUT2D eigenvalue weighted by atomic mass is 9.87. The first-order chi connectivity index (χ1) is 12.3. The maximum Gasteiger partial charge on any atom is 0.412 e. The second-order valence-corrected chi connectivity index (χ2v) is 7.68.